The van der Waals surface area contributed by atoms with Crippen molar-refractivity contribution in [3.05, 3.63) is 0 Å². The van der Waals surface area contributed by atoms with Crippen LogP contribution in [0.2, 0.25) is 0 Å². The summed E-state index contributed by atoms with van der Waals surface area (Å²) in [5, 5.41) is 0. The van der Waals surface area contributed by atoms with Gasteiger partial charge in [-0.2, -0.15) is 0 Å². The topological polar surface area (TPSA) is 22.1 Å². The highest BCUT2D eigenvalue weighted by atomic mass is 15.4. The van der Waals surface area contributed by atoms with Crippen molar-refractivity contribution in [1.82, 2.24) is 14.7 Å². The predicted octanol–water partition coefficient (Wildman–Crippen LogP) is -0.215. The number of rotatable bonds is 2. The maximum Gasteiger partial charge on any atom is 0.196 e. The first kappa shape index (κ1) is 11.9. The molecule has 1 fully saturated rings. The Hall–Kier alpha value is -1.21. The molecule has 1 rings (SSSR count). The molecule has 0 aliphatic carbocycles. The lowest BCUT2D eigenvalue weighted by Gasteiger charge is -2.17. The van der Waals surface area contributed by atoms with E-state index in [0.29, 0.717) is 0 Å². The summed E-state index contributed by atoms with van der Waals surface area (Å²) in [7, 11) is 7.95. The first-order chi connectivity index (χ1) is 7.15. The minimum absolute atomic E-state index is 0.783. The van der Waals surface area contributed by atoms with Gasteiger partial charge < -0.3 is 9.80 Å². The minimum Gasteiger partial charge on any atom is -0.344 e. The average Bonchev–Trinajstić information content (AvgIpc) is 2.53. The quantitative estimate of drug-likeness (QED) is 0.586. The van der Waals surface area contributed by atoms with Crippen LogP contribution in [0, 0.1) is 11.8 Å². The van der Waals surface area contributed by atoms with Crippen LogP contribution < -0.4 is 0 Å². The molecule has 0 N–H and O–H groups in total. The van der Waals surface area contributed by atoms with Crippen LogP contribution in [0.1, 0.15) is 0 Å². The van der Waals surface area contributed by atoms with Crippen LogP contribution in [0.15, 0.2) is 4.99 Å². The van der Waals surface area contributed by atoms with Crippen molar-refractivity contribution in [3.8, 4) is 11.8 Å². The number of guanidine groups is 1. The fourth-order valence-electron chi connectivity index (χ4n) is 1.54. The molecular weight excluding hydrogens is 188 g/mol. The van der Waals surface area contributed by atoms with E-state index in [0.717, 1.165) is 32.1 Å². The van der Waals surface area contributed by atoms with E-state index in [1.165, 1.54) is 0 Å². The largest absolute Gasteiger partial charge is 0.344 e. The van der Waals surface area contributed by atoms with Crippen LogP contribution in [-0.4, -0.2) is 75.0 Å². The first-order valence-corrected chi connectivity index (χ1v) is 5.18. The summed E-state index contributed by atoms with van der Waals surface area (Å²) < 4.78 is 0. The Kier molecular flexibility index (Phi) is 4.44. The number of hydrogen-bond donors (Lipinski definition) is 0. The molecule has 0 aromatic carbocycles. The van der Waals surface area contributed by atoms with Crippen molar-refractivity contribution in [2.45, 2.75) is 0 Å². The Bertz CT molecular complexity index is 285. The molecule has 1 saturated heterocycles. The molecule has 15 heavy (non-hydrogen) atoms. The SMILES string of the molecule is CN=C1N(C)CCN1CC#CCN(C)C. The molecule has 84 valence electrons. The van der Waals surface area contributed by atoms with E-state index in [1.807, 2.05) is 21.1 Å². The smallest absolute Gasteiger partial charge is 0.196 e. The third-order valence-electron chi connectivity index (χ3n) is 2.32. The van der Waals surface area contributed by atoms with Crippen molar-refractivity contribution in [2.24, 2.45) is 4.99 Å². The Balaban J connectivity index is 2.41. The van der Waals surface area contributed by atoms with Gasteiger partial charge >= 0.3 is 0 Å². The predicted molar refractivity (Wildman–Crippen MR) is 63.9 cm³/mol. The highest BCUT2D eigenvalue weighted by Crippen LogP contribution is 2.04. The molecule has 0 amide bonds. The highest BCUT2D eigenvalue weighted by Gasteiger charge is 2.21. The molecule has 0 spiro atoms. The minimum atomic E-state index is 0.783. The normalized spacial score (nSPS) is 18.6. The molecule has 0 saturated carbocycles. The third kappa shape index (κ3) is 3.45. The maximum absolute atomic E-state index is 4.25. The van der Waals surface area contributed by atoms with Crippen LogP contribution in [-0.2, 0) is 0 Å². The molecule has 1 heterocycles. The van der Waals surface area contributed by atoms with Crippen LogP contribution in [0.5, 0.6) is 0 Å². The highest BCUT2D eigenvalue weighted by molar-refractivity contribution is 5.81. The van der Waals surface area contributed by atoms with Gasteiger partial charge in [0, 0.05) is 27.2 Å². The van der Waals surface area contributed by atoms with Crippen molar-refractivity contribution in [2.75, 3.05) is 54.4 Å². The van der Waals surface area contributed by atoms with Gasteiger partial charge in [0.15, 0.2) is 5.96 Å². The van der Waals surface area contributed by atoms with Gasteiger partial charge in [0.2, 0.25) is 0 Å². The Morgan fingerprint density at radius 3 is 2.67 bits per heavy atom. The van der Waals surface area contributed by atoms with E-state index >= 15 is 0 Å². The molecule has 4 heteroatoms. The monoisotopic (exact) mass is 208 g/mol. The van der Waals surface area contributed by atoms with Gasteiger partial charge in [-0.05, 0) is 14.1 Å². The van der Waals surface area contributed by atoms with Crippen molar-refractivity contribution in [3.63, 3.8) is 0 Å². The molecule has 1 aliphatic heterocycles. The molecule has 1 aliphatic rings. The lowest BCUT2D eigenvalue weighted by atomic mass is 10.5. The maximum atomic E-state index is 4.25. The Labute approximate surface area is 92.6 Å². The van der Waals surface area contributed by atoms with Crippen LogP contribution >= 0.6 is 0 Å². The fraction of sp³-hybridized carbons (Fsp3) is 0.727. The van der Waals surface area contributed by atoms with E-state index in [2.05, 4.69) is 38.6 Å². The molecule has 4 nitrogen and oxygen atoms in total. The summed E-state index contributed by atoms with van der Waals surface area (Å²) >= 11 is 0. The number of nitrogens with zero attached hydrogens (tertiary/aromatic N) is 4. The summed E-state index contributed by atoms with van der Waals surface area (Å²) in [6.45, 7) is 3.68. The van der Waals surface area contributed by atoms with Crippen LogP contribution in [0.4, 0.5) is 0 Å². The van der Waals surface area contributed by atoms with E-state index in [9.17, 15) is 0 Å². The molecular formula is C11H20N4. The van der Waals surface area contributed by atoms with Gasteiger partial charge in [0.1, 0.15) is 0 Å². The van der Waals surface area contributed by atoms with Crippen molar-refractivity contribution >= 4 is 5.96 Å². The zero-order chi connectivity index (χ0) is 11.3. The lowest BCUT2D eigenvalue weighted by molar-refractivity contribution is 0.463. The summed E-state index contributed by atoms with van der Waals surface area (Å²) in [6.07, 6.45) is 0. The molecule has 0 aromatic rings. The number of hydrogen-bond acceptors (Lipinski definition) is 2. The molecule has 0 atom stereocenters. The van der Waals surface area contributed by atoms with Gasteiger partial charge in [-0.25, -0.2) is 0 Å². The summed E-state index contributed by atoms with van der Waals surface area (Å²) in [4.78, 5) is 10.7. The van der Waals surface area contributed by atoms with E-state index < -0.39 is 0 Å². The standard InChI is InChI=1S/C11H20N4/c1-12-11-14(4)9-10-15(11)8-6-5-7-13(2)3/h7-10H2,1-4H3. The van der Waals surface area contributed by atoms with Gasteiger partial charge in [-0.1, -0.05) is 11.8 Å². The van der Waals surface area contributed by atoms with Crippen molar-refractivity contribution < 1.29 is 0 Å². The van der Waals surface area contributed by atoms with Gasteiger partial charge in [0.25, 0.3) is 0 Å². The van der Waals surface area contributed by atoms with E-state index in [4.69, 9.17) is 0 Å². The van der Waals surface area contributed by atoms with E-state index in [1.54, 1.807) is 0 Å². The second-order valence-electron chi connectivity index (χ2n) is 3.96. The van der Waals surface area contributed by atoms with Crippen LogP contribution in [0.3, 0.4) is 0 Å². The number of likely N-dealkylation sites (N-methyl/N-ethyl adjacent to an activating group) is 1. The third-order valence-corrected chi connectivity index (χ3v) is 2.32. The molecule has 0 bridgehead atoms. The molecule has 0 aromatic heterocycles. The zero-order valence-corrected chi connectivity index (χ0v) is 10.1. The Morgan fingerprint density at radius 2 is 2.07 bits per heavy atom. The molecule has 0 radical (unpaired) electrons. The van der Waals surface area contributed by atoms with Crippen LogP contribution in [0.25, 0.3) is 0 Å². The first-order valence-electron chi connectivity index (χ1n) is 5.18. The van der Waals surface area contributed by atoms with Gasteiger partial charge in [-0.15, -0.1) is 0 Å². The van der Waals surface area contributed by atoms with Crippen molar-refractivity contribution in [1.29, 1.82) is 0 Å². The zero-order valence-electron chi connectivity index (χ0n) is 10.1. The van der Waals surface area contributed by atoms with Gasteiger partial charge in [-0.3, -0.25) is 9.89 Å². The fourth-order valence-corrected chi connectivity index (χ4v) is 1.54. The second kappa shape index (κ2) is 5.62. The Morgan fingerprint density at radius 1 is 1.33 bits per heavy atom. The summed E-state index contributed by atoms with van der Waals surface area (Å²) in [5.74, 6) is 7.35. The average molecular weight is 208 g/mol. The van der Waals surface area contributed by atoms with Gasteiger partial charge in [0.05, 0.1) is 13.1 Å². The number of aliphatic imine (C=N–C) groups is 1. The lowest BCUT2D eigenvalue weighted by Crippen LogP contribution is -2.31. The molecule has 0 unspecified atom stereocenters. The summed E-state index contributed by atoms with van der Waals surface area (Å²) in [5.41, 5.74) is 0. The van der Waals surface area contributed by atoms with E-state index in [-0.39, 0.29) is 0 Å². The summed E-state index contributed by atoms with van der Waals surface area (Å²) in [6, 6.07) is 0. The second-order valence-corrected chi connectivity index (χ2v) is 3.96.